The van der Waals surface area contributed by atoms with Gasteiger partial charge in [0.1, 0.15) is 0 Å². The first kappa shape index (κ1) is 9.76. The first-order valence-electron chi connectivity index (χ1n) is 4.19. The van der Waals surface area contributed by atoms with E-state index in [9.17, 15) is 13.2 Å². The molecule has 5 heteroatoms. The number of pyridine rings is 1. The quantitative estimate of drug-likeness (QED) is 0.682. The molecule has 0 bridgehead atoms. The fraction of sp³-hybridized carbons (Fsp3) is 0.100. The molecule has 1 aromatic carbocycles. The number of benzene rings is 1. The highest BCUT2D eigenvalue weighted by Gasteiger charge is 2.32. The van der Waals surface area contributed by atoms with Gasteiger partial charge in [0.05, 0.1) is 5.56 Å². The van der Waals surface area contributed by atoms with Crippen molar-refractivity contribution in [1.82, 2.24) is 4.98 Å². The summed E-state index contributed by atoms with van der Waals surface area (Å²) >= 11 is 0. The van der Waals surface area contributed by atoms with Gasteiger partial charge in [0.2, 0.25) is 0 Å². The van der Waals surface area contributed by atoms with Crippen LogP contribution in [0.1, 0.15) is 5.56 Å². The van der Waals surface area contributed by atoms with Gasteiger partial charge >= 0.3 is 6.18 Å². The van der Waals surface area contributed by atoms with Crippen LogP contribution in [-0.4, -0.2) is 4.98 Å². The molecule has 0 saturated carbocycles. The van der Waals surface area contributed by atoms with E-state index in [1.807, 2.05) is 0 Å². The van der Waals surface area contributed by atoms with Crippen LogP contribution in [0.2, 0.25) is 0 Å². The van der Waals surface area contributed by atoms with E-state index in [0.717, 1.165) is 6.07 Å². The number of alkyl halides is 3. The van der Waals surface area contributed by atoms with Gasteiger partial charge < -0.3 is 5.73 Å². The second kappa shape index (κ2) is 3.12. The third kappa shape index (κ3) is 1.72. The lowest BCUT2D eigenvalue weighted by atomic mass is 10.1. The number of hydrogen-bond acceptors (Lipinski definition) is 2. The molecule has 0 saturated heterocycles. The van der Waals surface area contributed by atoms with E-state index in [0.29, 0.717) is 5.39 Å². The van der Waals surface area contributed by atoms with Crippen LogP contribution in [0.3, 0.4) is 0 Å². The van der Waals surface area contributed by atoms with Crippen molar-refractivity contribution < 1.29 is 13.2 Å². The second-order valence-electron chi connectivity index (χ2n) is 3.16. The fourth-order valence-corrected chi connectivity index (χ4v) is 1.47. The maximum atomic E-state index is 12.6. The van der Waals surface area contributed by atoms with E-state index in [2.05, 4.69) is 4.98 Å². The van der Waals surface area contributed by atoms with Crippen LogP contribution in [0.4, 0.5) is 18.9 Å². The zero-order chi connectivity index (χ0) is 11.1. The van der Waals surface area contributed by atoms with Gasteiger partial charge in [-0.05, 0) is 23.6 Å². The molecule has 0 fully saturated rings. The molecule has 1 aromatic heterocycles. The minimum atomic E-state index is -4.39. The highest BCUT2D eigenvalue weighted by Crippen LogP contribution is 2.35. The van der Waals surface area contributed by atoms with Gasteiger partial charge in [-0.25, -0.2) is 0 Å². The normalized spacial score (nSPS) is 11.9. The van der Waals surface area contributed by atoms with Gasteiger partial charge in [0, 0.05) is 23.5 Å². The van der Waals surface area contributed by atoms with Gasteiger partial charge in [-0.2, -0.15) is 13.2 Å². The average Bonchev–Trinajstić information content (AvgIpc) is 2.15. The number of halogens is 3. The topological polar surface area (TPSA) is 38.9 Å². The third-order valence-corrected chi connectivity index (χ3v) is 2.08. The zero-order valence-electron chi connectivity index (χ0n) is 7.55. The Morgan fingerprint density at radius 1 is 1.20 bits per heavy atom. The van der Waals surface area contributed by atoms with Crippen molar-refractivity contribution in [2.75, 3.05) is 5.73 Å². The molecular formula is C10H7F3N2. The van der Waals surface area contributed by atoms with Crippen molar-refractivity contribution in [3.8, 4) is 0 Å². The highest BCUT2D eigenvalue weighted by atomic mass is 19.4. The number of aromatic nitrogens is 1. The predicted octanol–water partition coefficient (Wildman–Crippen LogP) is 2.84. The monoisotopic (exact) mass is 212 g/mol. The van der Waals surface area contributed by atoms with Crippen LogP contribution in [0, 0.1) is 0 Å². The molecule has 2 rings (SSSR count). The lowest BCUT2D eigenvalue weighted by Gasteiger charge is -2.10. The predicted molar refractivity (Wildman–Crippen MR) is 51.2 cm³/mol. The zero-order valence-corrected chi connectivity index (χ0v) is 7.55. The highest BCUT2D eigenvalue weighted by molar-refractivity contribution is 5.88. The molecule has 0 amide bonds. The van der Waals surface area contributed by atoms with E-state index in [1.165, 1.54) is 24.5 Å². The summed E-state index contributed by atoms with van der Waals surface area (Å²) < 4.78 is 37.9. The Labute approximate surface area is 83.5 Å². The molecule has 0 unspecified atom stereocenters. The van der Waals surface area contributed by atoms with E-state index in [-0.39, 0.29) is 11.1 Å². The molecule has 1 heterocycles. The van der Waals surface area contributed by atoms with Gasteiger partial charge in [-0.15, -0.1) is 0 Å². The molecule has 0 aliphatic rings. The lowest BCUT2D eigenvalue weighted by Crippen LogP contribution is -2.06. The van der Waals surface area contributed by atoms with E-state index < -0.39 is 11.7 Å². The van der Waals surface area contributed by atoms with Crippen molar-refractivity contribution >= 4 is 16.5 Å². The number of nitrogens with two attached hydrogens (primary N) is 1. The Kier molecular flexibility index (Phi) is 2.03. The van der Waals surface area contributed by atoms with Crippen molar-refractivity contribution in [2.45, 2.75) is 6.18 Å². The van der Waals surface area contributed by atoms with Gasteiger partial charge in [-0.3, -0.25) is 4.98 Å². The molecule has 78 valence electrons. The van der Waals surface area contributed by atoms with E-state index in [1.54, 1.807) is 0 Å². The van der Waals surface area contributed by atoms with Crippen LogP contribution in [0.15, 0.2) is 30.6 Å². The smallest absolute Gasteiger partial charge is 0.399 e. The summed E-state index contributed by atoms with van der Waals surface area (Å²) in [5.41, 5.74) is 4.76. The largest absolute Gasteiger partial charge is 0.417 e. The molecule has 0 spiro atoms. The van der Waals surface area contributed by atoms with Crippen molar-refractivity contribution in [3.63, 3.8) is 0 Å². The lowest BCUT2D eigenvalue weighted by molar-refractivity contribution is -0.136. The number of nitrogen functional groups attached to an aromatic ring is 1. The number of rotatable bonds is 0. The van der Waals surface area contributed by atoms with Crippen LogP contribution in [0.5, 0.6) is 0 Å². The Morgan fingerprint density at radius 3 is 2.60 bits per heavy atom. The number of hydrogen-bond donors (Lipinski definition) is 1. The maximum absolute atomic E-state index is 12.6. The second-order valence-corrected chi connectivity index (χ2v) is 3.16. The SMILES string of the molecule is Nc1cc(C(F)(F)F)c2ccncc2c1. The third-order valence-electron chi connectivity index (χ3n) is 2.08. The molecule has 0 aliphatic heterocycles. The Bertz CT molecular complexity index is 505. The summed E-state index contributed by atoms with van der Waals surface area (Å²) in [5.74, 6) is 0. The first-order valence-corrected chi connectivity index (χ1v) is 4.19. The molecule has 2 nitrogen and oxygen atoms in total. The summed E-state index contributed by atoms with van der Waals surface area (Å²) in [7, 11) is 0. The fourth-order valence-electron chi connectivity index (χ4n) is 1.47. The summed E-state index contributed by atoms with van der Waals surface area (Å²) in [5, 5.41) is 0.511. The average molecular weight is 212 g/mol. The van der Waals surface area contributed by atoms with Crippen molar-refractivity contribution in [1.29, 1.82) is 0 Å². The Balaban J connectivity index is 2.83. The summed E-state index contributed by atoms with van der Waals surface area (Å²) in [4.78, 5) is 3.75. The molecule has 0 aliphatic carbocycles. The van der Waals surface area contributed by atoms with E-state index in [4.69, 9.17) is 5.73 Å². The van der Waals surface area contributed by atoms with Crippen LogP contribution < -0.4 is 5.73 Å². The van der Waals surface area contributed by atoms with Crippen molar-refractivity contribution in [2.24, 2.45) is 0 Å². The first-order chi connectivity index (χ1) is 6.98. The minimum absolute atomic E-state index is 0.0859. The Hall–Kier alpha value is -1.78. The summed E-state index contributed by atoms with van der Waals surface area (Å²) in [6.07, 6.45) is -1.70. The molecule has 15 heavy (non-hydrogen) atoms. The molecule has 0 radical (unpaired) electrons. The number of fused-ring (bicyclic) bond motifs is 1. The number of nitrogens with zero attached hydrogens (tertiary/aromatic N) is 1. The minimum Gasteiger partial charge on any atom is -0.399 e. The van der Waals surface area contributed by atoms with Crippen LogP contribution in [-0.2, 0) is 6.18 Å². The van der Waals surface area contributed by atoms with E-state index >= 15 is 0 Å². The summed E-state index contributed by atoms with van der Waals surface area (Å²) in [6.45, 7) is 0. The summed E-state index contributed by atoms with van der Waals surface area (Å²) in [6, 6.07) is 3.73. The van der Waals surface area contributed by atoms with Gasteiger partial charge in [0.15, 0.2) is 0 Å². The molecule has 0 atom stereocenters. The maximum Gasteiger partial charge on any atom is 0.417 e. The van der Waals surface area contributed by atoms with Gasteiger partial charge in [-0.1, -0.05) is 0 Å². The van der Waals surface area contributed by atoms with Gasteiger partial charge in [0.25, 0.3) is 0 Å². The molecule has 2 N–H and O–H groups in total. The Morgan fingerprint density at radius 2 is 1.93 bits per heavy atom. The van der Waals surface area contributed by atoms with Crippen molar-refractivity contribution in [3.05, 3.63) is 36.2 Å². The standard InChI is InChI=1S/C10H7F3N2/c11-10(12,13)9-4-7(14)3-6-5-15-2-1-8(6)9/h1-5H,14H2. The van der Waals surface area contributed by atoms with Crippen LogP contribution in [0.25, 0.3) is 10.8 Å². The van der Waals surface area contributed by atoms with Crippen LogP contribution >= 0.6 is 0 Å². The molecular weight excluding hydrogens is 205 g/mol. The number of anilines is 1. The molecule has 2 aromatic rings.